The number of fused-ring (bicyclic) bond motifs is 7. The number of hydrogen-bond acceptors (Lipinski definition) is 3. The van der Waals surface area contributed by atoms with Gasteiger partial charge < -0.3 is 9.84 Å². The van der Waals surface area contributed by atoms with Crippen molar-refractivity contribution in [2.75, 3.05) is 6.54 Å². The van der Waals surface area contributed by atoms with Crippen molar-refractivity contribution in [2.24, 2.45) is 52.3 Å². The maximum absolute atomic E-state index is 10.3. The average Bonchev–Trinajstić information content (AvgIpc) is 3.16. The summed E-state index contributed by atoms with van der Waals surface area (Å²) < 4.78 is 7.01. The number of hydrogen-bond donors (Lipinski definition) is 2. The summed E-state index contributed by atoms with van der Waals surface area (Å²) in [5, 5.41) is 14.2. The minimum atomic E-state index is -0.0320. The summed E-state index contributed by atoms with van der Waals surface area (Å²) in [6, 6.07) is 0. The van der Waals surface area contributed by atoms with Gasteiger partial charge in [0, 0.05) is 12.5 Å². The van der Waals surface area contributed by atoms with Crippen LogP contribution in [-0.4, -0.2) is 29.6 Å². The van der Waals surface area contributed by atoms with Crippen molar-refractivity contribution < 1.29 is 9.84 Å². The van der Waals surface area contributed by atoms with E-state index in [1.54, 1.807) is 0 Å². The Bertz CT molecular complexity index is 686. The van der Waals surface area contributed by atoms with Gasteiger partial charge in [0.1, 0.15) is 5.72 Å². The summed E-state index contributed by atoms with van der Waals surface area (Å²) >= 11 is 0. The first kappa shape index (κ1) is 20.5. The van der Waals surface area contributed by atoms with Crippen LogP contribution in [0, 0.1) is 52.3 Å². The molecule has 0 aromatic carbocycles. The van der Waals surface area contributed by atoms with E-state index in [9.17, 15) is 5.11 Å². The molecule has 0 aromatic rings. The van der Waals surface area contributed by atoms with Crippen LogP contribution in [0.1, 0.15) is 91.9 Å². The summed E-state index contributed by atoms with van der Waals surface area (Å²) in [6.45, 7) is 11.3. The van der Waals surface area contributed by atoms with Crippen LogP contribution in [0.5, 0.6) is 0 Å². The molecule has 2 aliphatic heterocycles. The van der Waals surface area contributed by atoms with Gasteiger partial charge >= 0.3 is 0 Å². The number of nitrogens with one attached hydrogen (secondary N) is 1. The lowest BCUT2D eigenvalue weighted by atomic mass is 9.44. The lowest BCUT2D eigenvalue weighted by molar-refractivity contribution is -0.140. The molecule has 4 aliphatic carbocycles. The van der Waals surface area contributed by atoms with Crippen LogP contribution in [0.3, 0.4) is 0 Å². The second kappa shape index (κ2) is 6.70. The third-order valence-corrected chi connectivity index (χ3v) is 12.1. The van der Waals surface area contributed by atoms with E-state index in [1.807, 2.05) is 0 Å². The van der Waals surface area contributed by atoms with E-state index in [-0.39, 0.29) is 11.8 Å². The number of ether oxygens (including phenoxy) is 1. The molecule has 0 bridgehead atoms. The summed E-state index contributed by atoms with van der Waals surface area (Å²) in [6.07, 6.45) is 13.2. The average molecular weight is 416 g/mol. The molecule has 1 unspecified atom stereocenters. The Kier molecular flexibility index (Phi) is 4.58. The minimum Gasteiger partial charge on any atom is -0.393 e. The first-order valence-electron chi connectivity index (χ1n) is 13.4. The maximum Gasteiger partial charge on any atom is 0.122 e. The van der Waals surface area contributed by atoms with E-state index in [1.165, 1.54) is 51.4 Å². The first-order valence-corrected chi connectivity index (χ1v) is 13.4. The van der Waals surface area contributed by atoms with Gasteiger partial charge in [0.05, 0.1) is 12.2 Å². The Labute approximate surface area is 184 Å². The Morgan fingerprint density at radius 3 is 2.43 bits per heavy atom. The highest BCUT2D eigenvalue weighted by atomic mass is 16.5. The molecule has 1 spiro atoms. The van der Waals surface area contributed by atoms with E-state index in [2.05, 4.69) is 33.0 Å². The van der Waals surface area contributed by atoms with Crippen LogP contribution in [-0.2, 0) is 4.74 Å². The van der Waals surface area contributed by atoms with Crippen LogP contribution in [0.2, 0.25) is 0 Å². The SMILES string of the molecule is CC1CC[C@@]2(NC1)O[C@H]1C[C@H]3[C@@H]4CC[C@H]5C[C@H](O)CC[C@]5(C)[C@H]4CC[C@]3(C)[C@H]1[C@@H]2C. The van der Waals surface area contributed by atoms with Crippen LogP contribution in [0.4, 0.5) is 0 Å². The fraction of sp³-hybridized carbons (Fsp3) is 1.00. The van der Waals surface area contributed by atoms with Crippen molar-refractivity contribution in [3.63, 3.8) is 0 Å². The van der Waals surface area contributed by atoms with E-state index < -0.39 is 0 Å². The fourth-order valence-corrected chi connectivity index (χ4v) is 10.4. The van der Waals surface area contributed by atoms with E-state index in [0.717, 1.165) is 54.9 Å². The highest BCUT2D eigenvalue weighted by Gasteiger charge is 2.68. The van der Waals surface area contributed by atoms with Crippen molar-refractivity contribution in [1.29, 1.82) is 0 Å². The third-order valence-electron chi connectivity index (χ3n) is 12.1. The molecule has 6 aliphatic rings. The lowest BCUT2D eigenvalue weighted by Gasteiger charge is -2.61. The molecule has 30 heavy (non-hydrogen) atoms. The zero-order chi connectivity index (χ0) is 20.9. The Morgan fingerprint density at radius 1 is 0.867 bits per heavy atom. The molecule has 0 amide bonds. The first-order chi connectivity index (χ1) is 14.3. The van der Waals surface area contributed by atoms with E-state index in [0.29, 0.717) is 22.9 Å². The summed E-state index contributed by atoms with van der Waals surface area (Å²) in [4.78, 5) is 0. The molecule has 6 fully saturated rings. The molecule has 0 radical (unpaired) electrons. The number of piperidine rings is 1. The van der Waals surface area contributed by atoms with Crippen molar-refractivity contribution in [3.8, 4) is 0 Å². The van der Waals surface area contributed by atoms with Crippen molar-refractivity contribution in [1.82, 2.24) is 5.32 Å². The highest BCUT2D eigenvalue weighted by Crippen LogP contribution is 2.71. The molecule has 170 valence electrons. The fourth-order valence-electron chi connectivity index (χ4n) is 10.4. The van der Waals surface area contributed by atoms with Gasteiger partial charge in [-0.05, 0) is 111 Å². The second-order valence-electron chi connectivity index (χ2n) is 13.3. The predicted molar refractivity (Wildman–Crippen MR) is 120 cm³/mol. The van der Waals surface area contributed by atoms with Gasteiger partial charge in [-0.3, -0.25) is 5.32 Å². The molecule has 12 atom stereocenters. The predicted octanol–water partition coefficient (Wildman–Crippen LogP) is 5.37. The molecule has 3 nitrogen and oxygen atoms in total. The standard InChI is InChI=1S/C27H45NO2/c1-16-7-12-27(28-15-16)17(2)24-23(30-27)14-22-20-6-5-18-13-19(29)8-10-25(18,3)21(20)9-11-26(22,24)4/h16-24,28-29H,5-15H2,1-4H3/t16?,17-,18-,19+,20+,21-,22-,23-,24-,25-,26-,27+/m0/s1. The van der Waals surface area contributed by atoms with Crippen molar-refractivity contribution in [2.45, 2.75) is 110 Å². The summed E-state index contributed by atoms with van der Waals surface area (Å²) in [7, 11) is 0. The van der Waals surface area contributed by atoms with Crippen LogP contribution >= 0.6 is 0 Å². The summed E-state index contributed by atoms with van der Waals surface area (Å²) in [5.41, 5.74) is 0.919. The maximum atomic E-state index is 10.3. The lowest BCUT2D eigenvalue weighted by Crippen LogP contribution is -2.57. The minimum absolute atomic E-state index is 0.0319. The molecular formula is C27H45NO2. The van der Waals surface area contributed by atoms with Gasteiger partial charge in [-0.25, -0.2) is 0 Å². The van der Waals surface area contributed by atoms with Gasteiger partial charge in [-0.15, -0.1) is 0 Å². The number of aliphatic hydroxyl groups is 1. The normalized spacial score (nSPS) is 62.5. The van der Waals surface area contributed by atoms with Gasteiger partial charge in [0.25, 0.3) is 0 Å². The molecular weight excluding hydrogens is 370 g/mol. The Balaban J connectivity index is 1.26. The van der Waals surface area contributed by atoms with Gasteiger partial charge in [-0.1, -0.05) is 27.7 Å². The second-order valence-corrected chi connectivity index (χ2v) is 13.3. The molecule has 2 N–H and O–H groups in total. The summed E-state index contributed by atoms with van der Waals surface area (Å²) in [5.74, 6) is 5.57. The van der Waals surface area contributed by atoms with Crippen molar-refractivity contribution in [3.05, 3.63) is 0 Å². The third kappa shape index (κ3) is 2.61. The van der Waals surface area contributed by atoms with E-state index in [4.69, 9.17) is 4.74 Å². The zero-order valence-corrected chi connectivity index (χ0v) is 19.8. The quantitative estimate of drug-likeness (QED) is 0.559. The largest absolute Gasteiger partial charge is 0.393 e. The number of aliphatic hydroxyl groups excluding tert-OH is 1. The van der Waals surface area contributed by atoms with Crippen LogP contribution in [0.15, 0.2) is 0 Å². The Hall–Kier alpha value is -0.120. The number of rotatable bonds is 0. The van der Waals surface area contributed by atoms with Gasteiger partial charge in [-0.2, -0.15) is 0 Å². The Morgan fingerprint density at radius 2 is 1.67 bits per heavy atom. The topological polar surface area (TPSA) is 41.5 Å². The van der Waals surface area contributed by atoms with Crippen LogP contribution in [0.25, 0.3) is 0 Å². The van der Waals surface area contributed by atoms with Gasteiger partial charge in [0.15, 0.2) is 0 Å². The smallest absolute Gasteiger partial charge is 0.122 e. The molecule has 6 rings (SSSR count). The zero-order valence-electron chi connectivity index (χ0n) is 19.8. The monoisotopic (exact) mass is 415 g/mol. The van der Waals surface area contributed by atoms with E-state index >= 15 is 0 Å². The van der Waals surface area contributed by atoms with Crippen molar-refractivity contribution >= 4 is 0 Å². The molecule has 0 aromatic heterocycles. The van der Waals surface area contributed by atoms with Gasteiger partial charge in [0.2, 0.25) is 0 Å². The molecule has 2 saturated heterocycles. The molecule has 3 heteroatoms. The molecule has 2 heterocycles. The highest BCUT2D eigenvalue weighted by molar-refractivity contribution is 5.16. The van der Waals surface area contributed by atoms with Crippen LogP contribution < -0.4 is 5.32 Å². The molecule has 4 saturated carbocycles.